The number of ether oxygens (including phenoxy) is 2. The number of anilines is 1. The van der Waals surface area contributed by atoms with Crippen LogP contribution in [0.4, 0.5) is 5.69 Å². The van der Waals surface area contributed by atoms with E-state index < -0.39 is 0 Å². The van der Waals surface area contributed by atoms with Gasteiger partial charge in [-0.25, -0.2) is 0 Å². The molecule has 152 valence electrons. The highest BCUT2D eigenvalue weighted by Gasteiger charge is 2.36. The van der Waals surface area contributed by atoms with Crippen LogP contribution in [0.2, 0.25) is 0 Å². The largest absolute Gasteiger partial charge is 0.486 e. The fourth-order valence-electron chi connectivity index (χ4n) is 3.79. The lowest BCUT2D eigenvalue weighted by molar-refractivity contribution is -0.126. The number of hydrogen-bond acceptors (Lipinski definition) is 4. The number of nitrogens with zero attached hydrogens (tertiary/aromatic N) is 1. The SMILES string of the molecule is C[C@H](CCc1ccccc1)NC(=O)[C@@H]1CC(=O)N(c2ccc3c(c2)OCCO3)C1. The summed E-state index contributed by atoms with van der Waals surface area (Å²) in [4.78, 5) is 26.9. The molecule has 0 saturated carbocycles. The number of carbonyl (C=O) groups excluding carboxylic acids is 2. The molecular formula is C23H26N2O4. The lowest BCUT2D eigenvalue weighted by Gasteiger charge is -2.22. The molecule has 0 bridgehead atoms. The van der Waals surface area contributed by atoms with Gasteiger partial charge in [-0.2, -0.15) is 0 Å². The van der Waals surface area contributed by atoms with Crippen molar-refractivity contribution in [1.82, 2.24) is 5.32 Å². The number of hydrogen-bond donors (Lipinski definition) is 1. The Morgan fingerprint density at radius 3 is 2.69 bits per heavy atom. The Kier molecular flexibility index (Phi) is 5.69. The Hall–Kier alpha value is -3.02. The van der Waals surface area contributed by atoms with Crippen LogP contribution in [-0.2, 0) is 16.0 Å². The predicted molar refractivity (Wildman–Crippen MR) is 110 cm³/mol. The molecule has 2 aromatic rings. The third-order valence-corrected chi connectivity index (χ3v) is 5.43. The first-order valence-electron chi connectivity index (χ1n) is 10.1. The Balaban J connectivity index is 1.33. The molecule has 2 aliphatic rings. The van der Waals surface area contributed by atoms with E-state index in [-0.39, 0.29) is 30.2 Å². The summed E-state index contributed by atoms with van der Waals surface area (Å²) in [6, 6.07) is 15.8. The van der Waals surface area contributed by atoms with Gasteiger partial charge in [0.05, 0.1) is 5.92 Å². The van der Waals surface area contributed by atoms with Gasteiger partial charge in [0.25, 0.3) is 0 Å². The summed E-state index contributed by atoms with van der Waals surface area (Å²) in [7, 11) is 0. The molecule has 1 fully saturated rings. The number of rotatable bonds is 6. The van der Waals surface area contributed by atoms with E-state index in [4.69, 9.17) is 9.47 Å². The third-order valence-electron chi connectivity index (χ3n) is 5.43. The first-order chi connectivity index (χ1) is 14.1. The molecule has 0 radical (unpaired) electrons. The number of fused-ring (bicyclic) bond motifs is 1. The van der Waals surface area contributed by atoms with Crippen molar-refractivity contribution in [2.45, 2.75) is 32.2 Å². The van der Waals surface area contributed by atoms with Crippen molar-refractivity contribution < 1.29 is 19.1 Å². The second kappa shape index (κ2) is 8.55. The normalized spacial score (nSPS) is 19.1. The maximum absolute atomic E-state index is 12.7. The van der Waals surface area contributed by atoms with E-state index in [1.165, 1.54) is 5.56 Å². The highest BCUT2D eigenvalue weighted by atomic mass is 16.6. The summed E-state index contributed by atoms with van der Waals surface area (Å²) in [5.74, 6) is 0.893. The van der Waals surface area contributed by atoms with Crippen LogP contribution < -0.4 is 19.7 Å². The minimum Gasteiger partial charge on any atom is -0.486 e. The Bertz CT molecular complexity index is 884. The van der Waals surface area contributed by atoms with Gasteiger partial charge in [0, 0.05) is 30.8 Å². The zero-order chi connectivity index (χ0) is 20.2. The lowest BCUT2D eigenvalue weighted by atomic mass is 10.0. The fourth-order valence-corrected chi connectivity index (χ4v) is 3.79. The molecule has 1 saturated heterocycles. The summed E-state index contributed by atoms with van der Waals surface area (Å²) < 4.78 is 11.1. The number of benzene rings is 2. The van der Waals surface area contributed by atoms with Crippen LogP contribution in [0.15, 0.2) is 48.5 Å². The van der Waals surface area contributed by atoms with Crippen LogP contribution in [-0.4, -0.2) is 37.6 Å². The maximum Gasteiger partial charge on any atom is 0.227 e. The molecule has 0 unspecified atom stereocenters. The molecule has 6 nitrogen and oxygen atoms in total. The second-order valence-electron chi connectivity index (χ2n) is 7.67. The minimum atomic E-state index is -0.338. The summed E-state index contributed by atoms with van der Waals surface area (Å²) in [5, 5.41) is 3.07. The smallest absolute Gasteiger partial charge is 0.227 e. The van der Waals surface area contributed by atoms with E-state index >= 15 is 0 Å². The zero-order valence-corrected chi connectivity index (χ0v) is 16.6. The van der Waals surface area contributed by atoms with Crippen LogP contribution in [0, 0.1) is 5.92 Å². The topological polar surface area (TPSA) is 67.9 Å². The molecule has 29 heavy (non-hydrogen) atoms. The third kappa shape index (κ3) is 4.53. The molecule has 4 rings (SSSR count). The Morgan fingerprint density at radius 1 is 1.14 bits per heavy atom. The molecule has 2 amide bonds. The van der Waals surface area contributed by atoms with E-state index in [0.29, 0.717) is 31.3 Å². The maximum atomic E-state index is 12.7. The number of carbonyl (C=O) groups is 2. The number of amides is 2. The quantitative estimate of drug-likeness (QED) is 0.818. The van der Waals surface area contributed by atoms with Gasteiger partial charge < -0.3 is 19.7 Å². The number of aryl methyl sites for hydroxylation is 1. The van der Waals surface area contributed by atoms with Gasteiger partial charge in [0.15, 0.2) is 11.5 Å². The van der Waals surface area contributed by atoms with Crippen molar-refractivity contribution in [1.29, 1.82) is 0 Å². The minimum absolute atomic E-state index is 0.0428. The van der Waals surface area contributed by atoms with Crippen LogP contribution in [0.5, 0.6) is 11.5 Å². The van der Waals surface area contributed by atoms with Crippen LogP contribution >= 0.6 is 0 Å². The summed E-state index contributed by atoms with van der Waals surface area (Å²) in [5.41, 5.74) is 2.00. The van der Waals surface area contributed by atoms with Crippen molar-refractivity contribution in [3.8, 4) is 11.5 Å². The zero-order valence-electron chi connectivity index (χ0n) is 16.6. The monoisotopic (exact) mass is 394 g/mol. The summed E-state index contributed by atoms with van der Waals surface area (Å²) >= 11 is 0. The van der Waals surface area contributed by atoms with Gasteiger partial charge >= 0.3 is 0 Å². The molecule has 6 heteroatoms. The van der Waals surface area contributed by atoms with Gasteiger partial charge in [-0.3, -0.25) is 9.59 Å². The van der Waals surface area contributed by atoms with Gasteiger partial charge in [0.2, 0.25) is 11.8 Å². The summed E-state index contributed by atoms with van der Waals surface area (Å²) in [6.07, 6.45) is 2.00. The molecule has 2 atom stereocenters. The van der Waals surface area contributed by atoms with E-state index in [1.54, 1.807) is 4.90 Å². The average molecular weight is 394 g/mol. The van der Waals surface area contributed by atoms with E-state index in [1.807, 2.05) is 43.3 Å². The molecule has 2 aliphatic heterocycles. The molecule has 1 N–H and O–H groups in total. The van der Waals surface area contributed by atoms with Gasteiger partial charge in [-0.15, -0.1) is 0 Å². The fraction of sp³-hybridized carbons (Fsp3) is 0.391. The highest BCUT2D eigenvalue weighted by molar-refractivity contribution is 6.00. The van der Waals surface area contributed by atoms with Crippen molar-refractivity contribution in [3.05, 3.63) is 54.1 Å². The molecule has 2 aromatic carbocycles. The van der Waals surface area contributed by atoms with Gasteiger partial charge in [-0.05, 0) is 37.5 Å². The van der Waals surface area contributed by atoms with Gasteiger partial charge in [-0.1, -0.05) is 30.3 Å². The van der Waals surface area contributed by atoms with Crippen LogP contribution in [0.3, 0.4) is 0 Å². The van der Waals surface area contributed by atoms with E-state index in [9.17, 15) is 9.59 Å². The van der Waals surface area contributed by atoms with Crippen LogP contribution in [0.25, 0.3) is 0 Å². The average Bonchev–Trinajstić information content (AvgIpc) is 3.14. The number of nitrogens with one attached hydrogen (secondary N) is 1. The highest BCUT2D eigenvalue weighted by Crippen LogP contribution is 2.36. The first kappa shape index (κ1) is 19.3. The van der Waals surface area contributed by atoms with Crippen molar-refractivity contribution >= 4 is 17.5 Å². The van der Waals surface area contributed by atoms with Crippen molar-refractivity contribution in [2.75, 3.05) is 24.7 Å². The first-order valence-corrected chi connectivity index (χ1v) is 10.1. The standard InChI is InChI=1S/C23H26N2O4/c1-16(7-8-17-5-3-2-4-6-17)24-23(27)18-13-22(26)25(15-18)19-9-10-20-21(14-19)29-12-11-28-20/h2-6,9-10,14,16,18H,7-8,11-13,15H2,1H3,(H,24,27)/t16-,18-/m1/s1. The lowest BCUT2D eigenvalue weighted by Crippen LogP contribution is -2.38. The molecule has 0 spiro atoms. The summed E-state index contributed by atoms with van der Waals surface area (Å²) in [6.45, 7) is 3.42. The van der Waals surface area contributed by atoms with Crippen LogP contribution in [0.1, 0.15) is 25.3 Å². The predicted octanol–water partition coefficient (Wildman–Crippen LogP) is 2.95. The molecule has 0 aromatic heterocycles. The Labute approximate surface area is 170 Å². The van der Waals surface area contributed by atoms with E-state index in [2.05, 4.69) is 17.4 Å². The molecule has 0 aliphatic carbocycles. The van der Waals surface area contributed by atoms with Crippen molar-refractivity contribution in [2.24, 2.45) is 5.92 Å². The van der Waals surface area contributed by atoms with Crippen molar-refractivity contribution in [3.63, 3.8) is 0 Å². The van der Waals surface area contributed by atoms with Gasteiger partial charge in [0.1, 0.15) is 13.2 Å². The second-order valence-corrected chi connectivity index (χ2v) is 7.67. The Morgan fingerprint density at radius 2 is 1.90 bits per heavy atom. The van der Waals surface area contributed by atoms with E-state index in [0.717, 1.165) is 18.5 Å². The molecular weight excluding hydrogens is 368 g/mol. The molecule has 2 heterocycles.